The second-order valence-electron chi connectivity index (χ2n) is 5.85. The normalized spacial score (nSPS) is 11.4. The van der Waals surface area contributed by atoms with Gasteiger partial charge < -0.3 is 9.84 Å². The number of aromatic nitrogens is 1. The molecule has 0 aliphatic carbocycles. The summed E-state index contributed by atoms with van der Waals surface area (Å²) in [6.07, 6.45) is 1.61. The maximum atomic E-state index is 10.6. The molecule has 0 unspecified atom stereocenters. The van der Waals surface area contributed by atoms with Crippen LogP contribution in [0.4, 0.5) is 0 Å². The maximum Gasteiger partial charge on any atom is 0.308 e. The first kappa shape index (κ1) is 15.5. The van der Waals surface area contributed by atoms with Crippen molar-refractivity contribution in [1.82, 2.24) is 4.98 Å². The molecular weight excluding hydrogens is 286 g/mol. The summed E-state index contributed by atoms with van der Waals surface area (Å²) in [5.74, 6) is -0.0538. The van der Waals surface area contributed by atoms with Gasteiger partial charge in [0, 0.05) is 11.1 Å². The second-order valence-corrected chi connectivity index (χ2v) is 7.05. The van der Waals surface area contributed by atoms with Crippen molar-refractivity contribution in [2.24, 2.45) is 0 Å². The van der Waals surface area contributed by atoms with E-state index in [2.05, 4.69) is 37.9 Å². The third-order valence-electron chi connectivity index (χ3n) is 3.01. The molecule has 0 atom stereocenters. The number of carboxylic acids is 1. The van der Waals surface area contributed by atoms with Crippen LogP contribution in [-0.2, 0) is 23.2 Å². The fourth-order valence-corrected chi connectivity index (χ4v) is 2.67. The molecule has 21 heavy (non-hydrogen) atoms. The highest BCUT2D eigenvalue weighted by Crippen LogP contribution is 2.25. The minimum Gasteiger partial charge on any atom is -0.486 e. The first-order chi connectivity index (χ1) is 9.84. The van der Waals surface area contributed by atoms with Crippen molar-refractivity contribution in [2.45, 2.75) is 39.2 Å². The quantitative estimate of drug-likeness (QED) is 0.916. The van der Waals surface area contributed by atoms with Crippen molar-refractivity contribution in [2.75, 3.05) is 0 Å². The Bertz CT molecular complexity index is 611. The van der Waals surface area contributed by atoms with Gasteiger partial charge in [0.25, 0.3) is 0 Å². The molecule has 1 heterocycles. The third-order valence-corrected chi connectivity index (χ3v) is 3.98. The van der Waals surface area contributed by atoms with Gasteiger partial charge in [-0.25, -0.2) is 4.98 Å². The van der Waals surface area contributed by atoms with E-state index >= 15 is 0 Å². The molecule has 2 rings (SSSR count). The van der Waals surface area contributed by atoms with Crippen molar-refractivity contribution in [3.05, 3.63) is 45.9 Å². The number of rotatable bonds is 5. The van der Waals surface area contributed by atoms with Gasteiger partial charge in [0.15, 0.2) is 0 Å². The van der Waals surface area contributed by atoms with Crippen LogP contribution in [0.25, 0.3) is 0 Å². The highest BCUT2D eigenvalue weighted by atomic mass is 32.1. The minimum absolute atomic E-state index is 0.0119. The van der Waals surface area contributed by atoms with Gasteiger partial charge in [-0.3, -0.25) is 4.79 Å². The van der Waals surface area contributed by atoms with E-state index in [0.29, 0.717) is 6.61 Å². The first-order valence-electron chi connectivity index (χ1n) is 6.73. The van der Waals surface area contributed by atoms with Crippen molar-refractivity contribution in [3.8, 4) is 5.75 Å². The van der Waals surface area contributed by atoms with Crippen LogP contribution in [0.2, 0.25) is 0 Å². The molecule has 4 nitrogen and oxygen atoms in total. The number of hydrogen-bond donors (Lipinski definition) is 1. The Labute approximate surface area is 128 Å². The van der Waals surface area contributed by atoms with Crippen molar-refractivity contribution >= 4 is 17.3 Å². The minimum atomic E-state index is -0.844. The topological polar surface area (TPSA) is 59.4 Å². The number of carboxylic acid groups (broad SMARTS) is 1. The van der Waals surface area contributed by atoms with Gasteiger partial charge in [0.2, 0.25) is 0 Å². The van der Waals surface area contributed by atoms with Gasteiger partial charge in [0.05, 0.1) is 6.42 Å². The van der Waals surface area contributed by atoms with Crippen LogP contribution in [0, 0.1) is 0 Å². The molecule has 0 fully saturated rings. The zero-order chi connectivity index (χ0) is 15.5. The molecule has 2 aromatic rings. The standard InChI is InChI=1S/C16H19NO3S/c1-16(2,3)11-4-6-12(7-5-11)20-10-14-17-9-13(21-14)8-15(18)19/h4-7,9H,8,10H2,1-3H3,(H,18,19). The molecule has 0 amide bonds. The van der Waals surface area contributed by atoms with Crippen molar-refractivity contribution in [3.63, 3.8) is 0 Å². The first-order valence-corrected chi connectivity index (χ1v) is 7.55. The number of nitrogens with zero attached hydrogens (tertiary/aromatic N) is 1. The van der Waals surface area contributed by atoms with Gasteiger partial charge in [-0.05, 0) is 23.1 Å². The van der Waals surface area contributed by atoms with Crippen LogP contribution in [0.3, 0.4) is 0 Å². The highest BCUT2D eigenvalue weighted by Gasteiger charge is 2.13. The lowest BCUT2D eigenvalue weighted by Crippen LogP contribution is -2.10. The van der Waals surface area contributed by atoms with Crippen LogP contribution in [0.1, 0.15) is 36.2 Å². The molecule has 112 valence electrons. The summed E-state index contributed by atoms with van der Waals surface area (Å²) in [7, 11) is 0. The van der Waals surface area contributed by atoms with E-state index < -0.39 is 5.97 Å². The molecular formula is C16H19NO3S. The number of ether oxygens (including phenoxy) is 1. The fourth-order valence-electron chi connectivity index (χ4n) is 1.84. The van der Waals surface area contributed by atoms with Crippen LogP contribution in [0.15, 0.2) is 30.5 Å². The highest BCUT2D eigenvalue weighted by molar-refractivity contribution is 7.11. The summed E-state index contributed by atoms with van der Waals surface area (Å²) in [6, 6.07) is 8.03. The van der Waals surface area contributed by atoms with E-state index in [0.717, 1.165) is 15.6 Å². The van der Waals surface area contributed by atoms with E-state index in [1.54, 1.807) is 6.20 Å². The monoisotopic (exact) mass is 305 g/mol. The van der Waals surface area contributed by atoms with E-state index in [4.69, 9.17) is 9.84 Å². The zero-order valence-corrected chi connectivity index (χ0v) is 13.2. The number of thiazole rings is 1. The molecule has 1 aromatic carbocycles. The Morgan fingerprint density at radius 2 is 1.95 bits per heavy atom. The average molecular weight is 305 g/mol. The smallest absolute Gasteiger partial charge is 0.308 e. The van der Waals surface area contributed by atoms with E-state index in [1.165, 1.54) is 16.9 Å². The van der Waals surface area contributed by atoms with Crippen LogP contribution >= 0.6 is 11.3 Å². The SMILES string of the molecule is CC(C)(C)c1ccc(OCc2ncc(CC(=O)O)s2)cc1. The number of hydrogen-bond acceptors (Lipinski definition) is 4. The average Bonchev–Trinajstić information content (AvgIpc) is 2.82. The predicted molar refractivity (Wildman–Crippen MR) is 82.9 cm³/mol. The Morgan fingerprint density at radius 3 is 2.52 bits per heavy atom. The van der Waals surface area contributed by atoms with Gasteiger partial charge in [-0.1, -0.05) is 32.9 Å². The molecule has 5 heteroatoms. The molecule has 0 spiro atoms. The third kappa shape index (κ3) is 4.56. The lowest BCUT2D eigenvalue weighted by Gasteiger charge is -2.19. The van der Waals surface area contributed by atoms with Crippen LogP contribution in [-0.4, -0.2) is 16.1 Å². The summed E-state index contributed by atoms with van der Waals surface area (Å²) in [6.45, 7) is 6.87. The summed E-state index contributed by atoms with van der Waals surface area (Å²) < 4.78 is 5.68. The predicted octanol–water partition coefficient (Wildman–Crippen LogP) is 3.65. The molecule has 0 aliphatic heterocycles. The van der Waals surface area contributed by atoms with Gasteiger partial charge in [0.1, 0.15) is 17.4 Å². The van der Waals surface area contributed by atoms with Gasteiger partial charge in [-0.2, -0.15) is 0 Å². The molecule has 0 saturated carbocycles. The Balaban J connectivity index is 1.94. The van der Waals surface area contributed by atoms with E-state index in [9.17, 15) is 4.79 Å². The molecule has 0 saturated heterocycles. The van der Waals surface area contributed by atoms with E-state index in [1.807, 2.05) is 12.1 Å². The second kappa shape index (κ2) is 6.26. The Morgan fingerprint density at radius 1 is 1.29 bits per heavy atom. The molecule has 0 aliphatic rings. The summed E-state index contributed by atoms with van der Waals surface area (Å²) in [4.78, 5) is 15.5. The zero-order valence-electron chi connectivity index (χ0n) is 12.4. The molecule has 0 bridgehead atoms. The molecule has 0 radical (unpaired) electrons. The fraction of sp³-hybridized carbons (Fsp3) is 0.375. The summed E-state index contributed by atoms with van der Waals surface area (Å²) >= 11 is 1.37. The molecule has 1 aromatic heterocycles. The Kier molecular flexibility index (Phi) is 4.63. The van der Waals surface area contributed by atoms with Crippen molar-refractivity contribution < 1.29 is 14.6 Å². The van der Waals surface area contributed by atoms with Crippen LogP contribution in [0.5, 0.6) is 5.75 Å². The summed E-state index contributed by atoms with van der Waals surface area (Å²) in [5.41, 5.74) is 1.38. The Hall–Kier alpha value is -1.88. The largest absolute Gasteiger partial charge is 0.486 e. The van der Waals surface area contributed by atoms with Gasteiger partial charge in [-0.15, -0.1) is 11.3 Å². The van der Waals surface area contributed by atoms with E-state index in [-0.39, 0.29) is 11.8 Å². The molecule has 1 N–H and O–H groups in total. The van der Waals surface area contributed by atoms with Crippen molar-refractivity contribution in [1.29, 1.82) is 0 Å². The number of benzene rings is 1. The summed E-state index contributed by atoms with van der Waals surface area (Å²) in [5, 5.41) is 9.51. The maximum absolute atomic E-state index is 10.6. The lowest BCUT2D eigenvalue weighted by molar-refractivity contribution is -0.136. The van der Waals surface area contributed by atoms with Crippen LogP contribution < -0.4 is 4.74 Å². The number of carbonyl (C=O) groups is 1. The lowest BCUT2D eigenvalue weighted by atomic mass is 9.87. The number of aliphatic carboxylic acids is 1. The van der Waals surface area contributed by atoms with Gasteiger partial charge >= 0.3 is 5.97 Å².